The lowest BCUT2D eigenvalue weighted by molar-refractivity contribution is 0.820. The van der Waals surface area contributed by atoms with Gasteiger partial charge in [-0.1, -0.05) is 15.9 Å². The van der Waals surface area contributed by atoms with E-state index in [9.17, 15) is 0 Å². The number of benzene rings is 1. The summed E-state index contributed by atoms with van der Waals surface area (Å²) in [6, 6.07) is 6.52. The topological polar surface area (TPSA) is 35.8 Å². The number of rotatable bonds is 3. The second kappa shape index (κ2) is 5.18. The van der Waals surface area contributed by atoms with E-state index in [1.807, 2.05) is 6.92 Å². The monoisotopic (exact) mass is 266 g/mol. The summed E-state index contributed by atoms with van der Waals surface area (Å²) in [5, 5.41) is 11.9. The molecule has 0 spiro atoms. The van der Waals surface area contributed by atoms with Gasteiger partial charge in [0.2, 0.25) is 0 Å². The molecule has 0 aliphatic heterocycles. The van der Waals surface area contributed by atoms with E-state index in [0.717, 1.165) is 10.2 Å². The molecule has 2 nitrogen and oxygen atoms in total. The van der Waals surface area contributed by atoms with Gasteiger partial charge in [-0.25, -0.2) is 0 Å². The van der Waals surface area contributed by atoms with Gasteiger partial charge in [-0.15, -0.1) is 0 Å². The van der Waals surface area contributed by atoms with Crippen LogP contribution in [0.4, 0.5) is 5.69 Å². The van der Waals surface area contributed by atoms with Crippen LogP contribution in [-0.4, -0.2) is 6.04 Å². The zero-order chi connectivity index (χ0) is 11.4. The Balaban J connectivity index is 2.84. The van der Waals surface area contributed by atoms with Crippen LogP contribution < -0.4 is 5.32 Å². The summed E-state index contributed by atoms with van der Waals surface area (Å²) in [7, 11) is 0. The minimum Gasteiger partial charge on any atom is -0.382 e. The highest BCUT2D eigenvalue weighted by Crippen LogP contribution is 2.25. The van der Waals surface area contributed by atoms with Crippen LogP contribution in [-0.2, 0) is 0 Å². The van der Waals surface area contributed by atoms with Crippen LogP contribution in [0.3, 0.4) is 0 Å². The number of hydrogen-bond acceptors (Lipinski definition) is 2. The number of anilines is 1. The SMILES string of the molecule is Cc1cc(NC(C)CC#N)cc(C)c1Br. The number of halogens is 1. The average molecular weight is 267 g/mol. The number of nitrogens with one attached hydrogen (secondary N) is 1. The minimum atomic E-state index is 0.190. The molecular formula is C12H15BrN2. The molecule has 80 valence electrons. The zero-order valence-corrected chi connectivity index (χ0v) is 10.9. The van der Waals surface area contributed by atoms with Gasteiger partial charge in [0.05, 0.1) is 12.5 Å². The maximum absolute atomic E-state index is 8.57. The predicted molar refractivity (Wildman–Crippen MR) is 66.9 cm³/mol. The van der Waals surface area contributed by atoms with Gasteiger partial charge in [0, 0.05) is 16.2 Å². The van der Waals surface area contributed by atoms with Crippen LogP contribution in [0.2, 0.25) is 0 Å². The maximum Gasteiger partial charge on any atom is 0.0643 e. The normalized spacial score (nSPS) is 11.9. The first-order chi connectivity index (χ1) is 7.04. The molecule has 1 N–H and O–H groups in total. The van der Waals surface area contributed by atoms with Crippen molar-refractivity contribution in [2.75, 3.05) is 5.32 Å². The van der Waals surface area contributed by atoms with E-state index in [2.05, 4.69) is 53.3 Å². The van der Waals surface area contributed by atoms with Crippen molar-refractivity contribution in [2.24, 2.45) is 0 Å². The fourth-order valence-corrected chi connectivity index (χ4v) is 1.73. The van der Waals surface area contributed by atoms with Crippen molar-refractivity contribution in [2.45, 2.75) is 33.2 Å². The molecule has 0 bridgehead atoms. The molecule has 0 amide bonds. The van der Waals surface area contributed by atoms with Gasteiger partial charge < -0.3 is 5.32 Å². The van der Waals surface area contributed by atoms with Gasteiger partial charge in [0.25, 0.3) is 0 Å². The van der Waals surface area contributed by atoms with Crippen molar-refractivity contribution in [1.82, 2.24) is 0 Å². The van der Waals surface area contributed by atoms with Crippen LogP contribution in [0.5, 0.6) is 0 Å². The van der Waals surface area contributed by atoms with E-state index in [1.54, 1.807) is 0 Å². The Morgan fingerprint density at radius 3 is 2.40 bits per heavy atom. The molecule has 0 saturated heterocycles. The molecule has 0 heterocycles. The zero-order valence-electron chi connectivity index (χ0n) is 9.26. The molecule has 0 aromatic heterocycles. The smallest absolute Gasteiger partial charge is 0.0643 e. The number of aryl methyl sites for hydroxylation is 2. The van der Waals surface area contributed by atoms with Crippen molar-refractivity contribution in [3.8, 4) is 6.07 Å². The molecule has 15 heavy (non-hydrogen) atoms. The largest absolute Gasteiger partial charge is 0.382 e. The first-order valence-electron chi connectivity index (χ1n) is 4.95. The third-order valence-electron chi connectivity index (χ3n) is 2.25. The summed E-state index contributed by atoms with van der Waals surface area (Å²) in [5.41, 5.74) is 3.50. The number of hydrogen-bond donors (Lipinski definition) is 1. The van der Waals surface area contributed by atoms with E-state index >= 15 is 0 Å². The fourth-order valence-electron chi connectivity index (χ4n) is 1.50. The van der Waals surface area contributed by atoms with Gasteiger partial charge in [-0.05, 0) is 44.0 Å². The molecule has 1 aromatic carbocycles. The Morgan fingerprint density at radius 2 is 1.93 bits per heavy atom. The number of nitrogens with zero attached hydrogens (tertiary/aromatic N) is 1. The third kappa shape index (κ3) is 3.24. The van der Waals surface area contributed by atoms with Gasteiger partial charge in [0.1, 0.15) is 0 Å². The highest BCUT2D eigenvalue weighted by atomic mass is 79.9. The Bertz CT molecular complexity index is 370. The van der Waals surface area contributed by atoms with E-state index in [0.29, 0.717) is 6.42 Å². The van der Waals surface area contributed by atoms with Crippen LogP contribution in [0.15, 0.2) is 16.6 Å². The van der Waals surface area contributed by atoms with Crippen LogP contribution in [0.25, 0.3) is 0 Å². The molecule has 0 radical (unpaired) electrons. The van der Waals surface area contributed by atoms with Crippen molar-refractivity contribution < 1.29 is 0 Å². The first-order valence-corrected chi connectivity index (χ1v) is 5.74. The standard InChI is InChI=1S/C12H15BrN2/c1-8-6-11(7-9(2)12(8)13)15-10(3)4-5-14/h6-7,10,15H,4H2,1-3H3. The van der Waals surface area contributed by atoms with Gasteiger partial charge in [-0.2, -0.15) is 5.26 Å². The summed E-state index contributed by atoms with van der Waals surface area (Å²) in [6.45, 7) is 6.14. The Hall–Kier alpha value is -1.01. The lowest BCUT2D eigenvalue weighted by atomic mass is 10.1. The molecule has 1 aromatic rings. The van der Waals surface area contributed by atoms with E-state index in [-0.39, 0.29) is 6.04 Å². The van der Waals surface area contributed by atoms with Gasteiger partial charge in [0.15, 0.2) is 0 Å². The second-order valence-electron chi connectivity index (χ2n) is 3.83. The lowest BCUT2D eigenvalue weighted by Gasteiger charge is -2.14. The maximum atomic E-state index is 8.57. The molecule has 0 fully saturated rings. The summed E-state index contributed by atoms with van der Waals surface area (Å²) in [6.07, 6.45) is 0.522. The summed E-state index contributed by atoms with van der Waals surface area (Å²) < 4.78 is 1.15. The van der Waals surface area contributed by atoms with Gasteiger partial charge in [-0.3, -0.25) is 0 Å². The molecule has 0 saturated carbocycles. The highest BCUT2D eigenvalue weighted by molar-refractivity contribution is 9.10. The van der Waals surface area contributed by atoms with E-state index in [1.165, 1.54) is 11.1 Å². The van der Waals surface area contributed by atoms with E-state index in [4.69, 9.17) is 5.26 Å². The quantitative estimate of drug-likeness (QED) is 0.904. The van der Waals surface area contributed by atoms with Crippen molar-refractivity contribution in [3.63, 3.8) is 0 Å². The molecule has 1 atom stereocenters. The Kier molecular flexibility index (Phi) is 4.16. The Labute approximate surface area is 99.4 Å². The fraction of sp³-hybridized carbons (Fsp3) is 0.417. The average Bonchev–Trinajstić information content (AvgIpc) is 2.14. The molecule has 0 aliphatic carbocycles. The third-order valence-corrected chi connectivity index (χ3v) is 3.50. The first kappa shape index (κ1) is 12.1. The van der Waals surface area contributed by atoms with E-state index < -0.39 is 0 Å². The van der Waals surface area contributed by atoms with Gasteiger partial charge >= 0.3 is 0 Å². The summed E-state index contributed by atoms with van der Waals surface area (Å²) >= 11 is 3.53. The molecular weight excluding hydrogens is 252 g/mol. The van der Waals surface area contributed by atoms with Crippen LogP contribution in [0, 0.1) is 25.2 Å². The molecule has 1 unspecified atom stereocenters. The number of nitriles is 1. The van der Waals surface area contributed by atoms with Crippen molar-refractivity contribution >= 4 is 21.6 Å². The summed E-state index contributed by atoms with van der Waals surface area (Å²) in [5.74, 6) is 0. The lowest BCUT2D eigenvalue weighted by Crippen LogP contribution is -2.14. The molecule has 0 aliphatic rings. The van der Waals surface area contributed by atoms with Crippen molar-refractivity contribution in [3.05, 3.63) is 27.7 Å². The summed E-state index contributed by atoms with van der Waals surface area (Å²) in [4.78, 5) is 0. The predicted octanol–water partition coefficient (Wildman–Crippen LogP) is 3.78. The Morgan fingerprint density at radius 1 is 1.40 bits per heavy atom. The van der Waals surface area contributed by atoms with Crippen LogP contribution >= 0.6 is 15.9 Å². The molecule has 1 rings (SSSR count). The van der Waals surface area contributed by atoms with Crippen molar-refractivity contribution in [1.29, 1.82) is 5.26 Å². The molecule has 3 heteroatoms. The highest BCUT2D eigenvalue weighted by Gasteiger charge is 2.05. The van der Waals surface area contributed by atoms with Crippen LogP contribution in [0.1, 0.15) is 24.5 Å². The second-order valence-corrected chi connectivity index (χ2v) is 4.62. The minimum absolute atomic E-state index is 0.190.